The molecule has 2 nitrogen and oxygen atoms in total. The molecule has 2 fully saturated rings. The summed E-state index contributed by atoms with van der Waals surface area (Å²) in [6.07, 6.45) is 8.82. The van der Waals surface area contributed by atoms with Crippen LogP contribution in [0.2, 0.25) is 0 Å². The minimum absolute atomic E-state index is 0.627. The van der Waals surface area contributed by atoms with Gasteiger partial charge < -0.3 is 9.80 Å². The maximum Gasteiger partial charge on any atom is 0.00276 e. The second kappa shape index (κ2) is 8.67. The Balaban J connectivity index is 2.16. The zero-order valence-electron chi connectivity index (χ0n) is 16.2. The van der Waals surface area contributed by atoms with E-state index in [1.165, 1.54) is 65.0 Å². The molecule has 0 aliphatic carbocycles. The zero-order valence-corrected chi connectivity index (χ0v) is 16.2. The fourth-order valence-corrected chi connectivity index (χ4v) is 5.57. The van der Waals surface area contributed by atoms with E-state index in [-0.39, 0.29) is 0 Å². The Morgan fingerprint density at radius 3 is 1.96 bits per heavy atom. The average Bonchev–Trinajstić information content (AvgIpc) is 2.46. The summed E-state index contributed by atoms with van der Waals surface area (Å²) in [5, 5.41) is 0. The van der Waals surface area contributed by atoms with Crippen LogP contribution in [0.25, 0.3) is 0 Å². The van der Waals surface area contributed by atoms with Gasteiger partial charge in [-0.15, -0.1) is 6.58 Å². The Morgan fingerprint density at radius 2 is 1.52 bits per heavy atom. The lowest BCUT2D eigenvalue weighted by atomic mass is 9.57. The van der Waals surface area contributed by atoms with Crippen LogP contribution in [0, 0.1) is 23.2 Å². The second-order valence-electron chi connectivity index (χ2n) is 8.58. The summed E-state index contributed by atoms with van der Waals surface area (Å²) < 4.78 is 0. The van der Waals surface area contributed by atoms with Gasteiger partial charge in [0.05, 0.1) is 0 Å². The Morgan fingerprint density at radius 1 is 1.00 bits per heavy atom. The van der Waals surface area contributed by atoms with Crippen molar-refractivity contribution in [3.63, 3.8) is 0 Å². The van der Waals surface area contributed by atoms with Crippen LogP contribution in [0.4, 0.5) is 0 Å². The summed E-state index contributed by atoms with van der Waals surface area (Å²) in [6, 6.07) is 0. The van der Waals surface area contributed by atoms with Crippen molar-refractivity contribution in [2.75, 3.05) is 39.3 Å². The number of likely N-dealkylation sites (tertiary alicyclic amines) is 2. The van der Waals surface area contributed by atoms with Gasteiger partial charge in [0.2, 0.25) is 0 Å². The Kier molecular flexibility index (Phi) is 7.16. The molecule has 2 atom stereocenters. The SMILES string of the molecule is C=CCCN1C[C@@H]2CN(CC(C)C)C[C@H](C1)C2(CCC)CCC. The number of hydrogen-bond acceptors (Lipinski definition) is 2. The molecule has 0 radical (unpaired) electrons. The largest absolute Gasteiger partial charge is 0.302 e. The quantitative estimate of drug-likeness (QED) is 0.570. The van der Waals surface area contributed by atoms with Crippen molar-refractivity contribution >= 4 is 0 Å². The van der Waals surface area contributed by atoms with Gasteiger partial charge in [-0.1, -0.05) is 46.6 Å². The molecule has 0 spiro atoms. The van der Waals surface area contributed by atoms with Gasteiger partial charge in [-0.25, -0.2) is 0 Å². The first-order valence-electron chi connectivity index (χ1n) is 10.1. The maximum atomic E-state index is 3.91. The Hall–Kier alpha value is -0.340. The van der Waals surface area contributed by atoms with E-state index >= 15 is 0 Å². The Bertz CT molecular complexity index is 339. The van der Waals surface area contributed by atoms with Gasteiger partial charge in [0, 0.05) is 39.3 Å². The standard InChI is InChI=1S/C21H40N2/c1-6-9-12-22-14-19-16-23(13-18(4)5)17-20(15-22)21(19,10-7-2)11-8-3/h6,18-20H,1,7-17H2,2-5H3/t19-,20+. The van der Waals surface area contributed by atoms with E-state index < -0.39 is 0 Å². The molecular weight excluding hydrogens is 280 g/mol. The molecule has 0 saturated carbocycles. The number of nitrogens with zero attached hydrogens (tertiary/aromatic N) is 2. The molecule has 0 aromatic rings. The number of fused-ring (bicyclic) bond motifs is 2. The molecule has 2 heteroatoms. The average molecular weight is 321 g/mol. The molecular formula is C21H40N2. The van der Waals surface area contributed by atoms with Gasteiger partial charge >= 0.3 is 0 Å². The minimum Gasteiger partial charge on any atom is -0.302 e. The molecule has 2 bridgehead atoms. The van der Waals surface area contributed by atoms with Crippen molar-refractivity contribution in [1.29, 1.82) is 0 Å². The van der Waals surface area contributed by atoms with E-state index in [1.807, 2.05) is 0 Å². The molecule has 0 aromatic carbocycles. The highest BCUT2D eigenvalue weighted by atomic mass is 15.2. The fourth-order valence-electron chi connectivity index (χ4n) is 5.57. The highest BCUT2D eigenvalue weighted by Crippen LogP contribution is 2.51. The summed E-state index contributed by atoms with van der Waals surface area (Å²) >= 11 is 0. The van der Waals surface area contributed by atoms with E-state index in [0.717, 1.165) is 24.2 Å². The third-order valence-electron chi connectivity index (χ3n) is 6.24. The van der Waals surface area contributed by atoms with Crippen LogP contribution in [0.5, 0.6) is 0 Å². The van der Waals surface area contributed by atoms with Gasteiger partial charge in [0.15, 0.2) is 0 Å². The van der Waals surface area contributed by atoms with Crippen LogP contribution < -0.4 is 0 Å². The fraction of sp³-hybridized carbons (Fsp3) is 0.905. The lowest BCUT2D eigenvalue weighted by Crippen LogP contribution is -2.63. The van der Waals surface area contributed by atoms with Crippen molar-refractivity contribution in [2.24, 2.45) is 23.2 Å². The predicted octanol–water partition coefficient (Wildman–Crippen LogP) is 4.67. The van der Waals surface area contributed by atoms with Crippen LogP contribution in [-0.4, -0.2) is 49.1 Å². The molecule has 134 valence electrons. The first kappa shape index (κ1) is 19.0. The van der Waals surface area contributed by atoms with Crippen molar-refractivity contribution in [1.82, 2.24) is 9.80 Å². The number of rotatable bonds is 9. The molecule has 0 amide bonds. The lowest BCUT2D eigenvalue weighted by molar-refractivity contribution is -0.104. The topological polar surface area (TPSA) is 6.48 Å². The molecule has 2 rings (SSSR count). The highest BCUT2D eigenvalue weighted by Gasteiger charge is 2.51. The first-order valence-corrected chi connectivity index (χ1v) is 10.1. The van der Waals surface area contributed by atoms with E-state index in [4.69, 9.17) is 0 Å². The second-order valence-corrected chi connectivity index (χ2v) is 8.58. The van der Waals surface area contributed by atoms with Crippen LogP contribution in [0.1, 0.15) is 59.8 Å². The molecule has 2 aliphatic rings. The zero-order chi connectivity index (χ0) is 16.9. The van der Waals surface area contributed by atoms with Gasteiger partial charge in [-0.3, -0.25) is 0 Å². The van der Waals surface area contributed by atoms with E-state index in [9.17, 15) is 0 Å². The molecule has 2 heterocycles. The number of piperidine rings is 2. The van der Waals surface area contributed by atoms with Crippen LogP contribution in [-0.2, 0) is 0 Å². The Labute approximate surface area is 145 Å². The van der Waals surface area contributed by atoms with Crippen molar-refractivity contribution in [3.05, 3.63) is 12.7 Å². The normalized spacial score (nSPS) is 28.2. The van der Waals surface area contributed by atoms with Gasteiger partial charge in [-0.05, 0) is 42.4 Å². The summed E-state index contributed by atoms with van der Waals surface area (Å²) in [4.78, 5) is 5.53. The molecule has 23 heavy (non-hydrogen) atoms. The predicted molar refractivity (Wildman–Crippen MR) is 102 cm³/mol. The summed E-state index contributed by atoms with van der Waals surface area (Å²) in [6.45, 7) is 21.2. The molecule has 0 N–H and O–H groups in total. The van der Waals surface area contributed by atoms with Gasteiger partial charge in [-0.2, -0.15) is 0 Å². The molecule has 2 saturated heterocycles. The van der Waals surface area contributed by atoms with E-state index in [0.29, 0.717) is 5.41 Å². The van der Waals surface area contributed by atoms with Crippen LogP contribution in [0.3, 0.4) is 0 Å². The molecule has 0 aromatic heterocycles. The van der Waals surface area contributed by atoms with Crippen molar-refractivity contribution in [3.8, 4) is 0 Å². The third kappa shape index (κ3) is 4.39. The van der Waals surface area contributed by atoms with Crippen LogP contribution in [0.15, 0.2) is 12.7 Å². The van der Waals surface area contributed by atoms with Crippen molar-refractivity contribution in [2.45, 2.75) is 59.8 Å². The number of hydrogen-bond donors (Lipinski definition) is 0. The summed E-state index contributed by atoms with van der Waals surface area (Å²) in [5.74, 6) is 2.54. The smallest absolute Gasteiger partial charge is 0.00276 e. The monoisotopic (exact) mass is 320 g/mol. The van der Waals surface area contributed by atoms with E-state index in [2.05, 4.69) is 50.1 Å². The molecule has 2 aliphatic heterocycles. The lowest BCUT2D eigenvalue weighted by Gasteiger charge is -2.59. The van der Waals surface area contributed by atoms with Gasteiger partial charge in [0.25, 0.3) is 0 Å². The first-order chi connectivity index (χ1) is 11.1. The summed E-state index contributed by atoms with van der Waals surface area (Å²) in [5.41, 5.74) is 0.627. The summed E-state index contributed by atoms with van der Waals surface area (Å²) in [7, 11) is 0. The van der Waals surface area contributed by atoms with Gasteiger partial charge in [0.1, 0.15) is 0 Å². The maximum absolute atomic E-state index is 3.91. The minimum atomic E-state index is 0.627. The molecule has 0 unspecified atom stereocenters. The highest BCUT2D eigenvalue weighted by molar-refractivity contribution is 5.03. The van der Waals surface area contributed by atoms with Crippen molar-refractivity contribution < 1.29 is 0 Å². The van der Waals surface area contributed by atoms with E-state index in [1.54, 1.807) is 0 Å². The third-order valence-corrected chi connectivity index (χ3v) is 6.24. The van der Waals surface area contributed by atoms with Crippen LogP contribution >= 0.6 is 0 Å².